The molecule has 7 aromatic rings. The molecule has 10 rings (SSSR count). The molecular formula is C44H34N6. The molecule has 0 saturated heterocycles. The maximum absolute atomic E-state index is 5.17. The molecule has 0 unspecified atom stereocenters. The van der Waals surface area contributed by atoms with Crippen LogP contribution in [-0.4, -0.2) is 31.5 Å². The molecule has 50 heavy (non-hydrogen) atoms. The molecule has 0 radical (unpaired) electrons. The van der Waals surface area contributed by atoms with E-state index in [-0.39, 0.29) is 0 Å². The molecule has 0 fully saturated rings. The number of nitrogens with zero attached hydrogens (tertiary/aromatic N) is 6. The molecule has 240 valence electrons. The SMILES string of the molecule is C1=Nc2c(c3ccccc3n2C2=CC(c3cccc(-c4cccc(-c5cccc(-n6c7c(c8ccccc86)CCC=N7)c5)n4)n3)=CCC2)CC1. The van der Waals surface area contributed by atoms with Gasteiger partial charge in [-0.15, -0.1) is 0 Å². The largest absolute Gasteiger partial charge is 0.298 e. The third kappa shape index (κ3) is 4.71. The third-order valence-corrected chi connectivity index (χ3v) is 10.2. The van der Waals surface area contributed by atoms with Gasteiger partial charge >= 0.3 is 0 Å². The topological polar surface area (TPSA) is 60.4 Å². The lowest BCUT2D eigenvalue weighted by Gasteiger charge is -2.18. The van der Waals surface area contributed by atoms with Gasteiger partial charge in [-0.3, -0.25) is 9.13 Å². The predicted octanol–water partition coefficient (Wildman–Crippen LogP) is 10.7. The van der Waals surface area contributed by atoms with Crippen LogP contribution < -0.4 is 0 Å². The summed E-state index contributed by atoms with van der Waals surface area (Å²) >= 11 is 0. The molecule has 0 saturated carbocycles. The number of hydrogen-bond donors (Lipinski definition) is 0. The van der Waals surface area contributed by atoms with Crippen LogP contribution in [0.15, 0.2) is 131 Å². The first-order chi connectivity index (χ1) is 24.8. The first-order valence-corrected chi connectivity index (χ1v) is 17.6. The van der Waals surface area contributed by atoms with E-state index in [1.54, 1.807) is 0 Å². The van der Waals surface area contributed by atoms with Crippen LogP contribution in [0, 0.1) is 0 Å². The Morgan fingerprint density at radius 2 is 1.10 bits per heavy atom. The summed E-state index contributed by atoms with van der Waals surface area (Å²) in [6.45, 7) is 0. The van der Waals surface area contributed by atoms with Crippen molar-refractivity contribution in [2.45, 2.75) is 38.5 Å². The lowest BCUT2D eigenvalue weighted by atomic mass is 10.0. The van der Waals surface area contributed by atoms with Crippen molar-refractivity contribution in [3.05, 3.63) is 138 Å². The molecular weight excluding hydrogens is 613 g/mol. The number of benzene rings is 3. The monoisotopic (exact) mass is 646 g/mol. The quantitative estimate of drug-likeness (QED) is 0.187. The highest BCUT2D eigenvalue weighted by Gasteiger charge is 2.23. The van der Waals surface area contributed by atoms with Gasteiger partial charge in [-0.25, -0.2) is 20.0 Å². The number of fused-ring (bicyclic) bond motifs is 6. The van der Waals surface area contributed by atoms with Gasteiger partial charge in [0.25, 0.3) is 0 Å². The Labute approximate surface area is 290 Å². The minimum atomic E-state index is 0.851. The highest BCUT2D eigenvalue weighted by Crippen LogP contribution is 2.41. The molecule has 6 heteroatoms. The van der Waals surface area contributed by atoms with Crippen LogP contribution in [0.1, 0.15) is 42.5 Å². The second kappa shape index (κ2) is 11.8. The van der Waals surface area contributed by atoms with Crippen molar-refractivity contribution in [3.8, 4) is 28.3 Å². The van der Waals surface area contributed by atoms with Gasteiger partial charge in [-0.2, -0.15) is 0 Å². The average Bonchev–Trinajstić information content (AvgIpc) is 3.71. The van der Waals surface area contributed by atoms with Crippen LogP contribution in [0.2, 0.25) is 0 Å². The molecule has 3 aliphatic rings. The van der Waals surface area contributed by atoms with E-state index < -0.39 is 0 Å². The number of rotatable bonds is 5. The summed E-state index contributed by atoms with van der Waals surface area (Å²) in [5, 5.41) is 2.59. The summed E-state index contributed by atoms with van der Waals surface area (Å²) in [5.41, 5.74) is 13.2. The van der Waals surface area contributed by atoms with Crippen molar-refractivity contribution in [1.29, 1.82) is 0 Å². The fraction of sp³-hybridized carbons (Fsp3) is 0.136. The minimum absolute atomic E-state index is 0.851. The van der Waals surface area contributed by atoms with E-state index in [1.165, 1.54) is 38.6 Å². The maximum Gasteiger partial charge on any atom is 0.141 e. The first-order valence-electron chi connectivity index (χ1n) is 17.6. The second-order valence-electron chi connectivity index (χ2n) is 13.2. The fourth-order valence-corrected chi connectivity index (χ4v) is 7.94. The van der Waals surface area contributed by atoms with Crippen LogP contribution >= 0.6 is 0 Å². The number of hydrogen-bond acceptors (Lipinski definition) is 4. The number of aliphatic imine (C=N–C) groups is 2. The van der Waals surface area contributed by atoms with E-state index in [9.17, 15) is 0 Å². The van der Waals surface area contributed by atoms with Crippen LogP contribution in [0.3, 0.4) is 0 Å². The van der Waals surface area contributed by atoms with Crippen LogP contribution in [0.25, 0.3) is 61.4 Å². The second-order valence-corrected chi connectivity index (χ2v) is 13.2. The maximum atomic E-state index is 5.17. The van der Waals surface area contributed by atoms with Gasteiger partial charge < -0.3 is 0 Å². The Morgan fingerprint density at radius 1 is 0.500 bits per heavy atom. The molecule has 0 amide bonds. The van der Waals surface area contributed by atoms with Crippen LogP contribution in [0.4, 0.5) is 11.6 Å². The van der Waals surface area contributed by atoms with Gasteiger partial charge in [0.15, 0.2) is 0 Å². The number of pyridine rings is 2. The Kier molecular flexibility index (Phi) is 6.79. The standard InChI is InChI=1S/C44H34N6/c1-3-23-41-33(15-1)35-17-9-25-45-43(35)49(41)31-13-5-11-29(27-31)37-19-7-21-39(47-37)40-22-8-20-38(48-40)30-12-6-14-32(28-30)50-42-24-4-2-16-34(42)36-18-10-26-46-44(36)50/h1-5,7-8,11-13,15-16,19-28H,6,9-10,14,17-18H2. The molecule has 6 nitrogen and oxygen atoms in total. The van der Waals surface area contributed by atoms with Gasteiger partial charge in [0.05, 0.1) is 33.8 Å². The summed E-state index contributed by atoms with van der Waals surface area (Å²) in [6, 6.07) is 38.4. The summed E-state index contributed by atoms with van der Waals surface area (Å²) in [6.07, 6.45) is 14.6. The zero-order valence-corrected chi connectivity index (χ0v) is 27.6. The Hall–Kier alpha value is -6.14. The molecule has 3 aromatic carbocycles. The van der Waals surface area contributed by atoms with Crippen molar-refractivity contribution in [3.63, 3.8) is 0 Å². The Bertz CT molecular complexity index is 2610. The lowest BCUT2D eigenvalue weighted by Crippen LogP contribution is -2.03. The molecule has 0 bridgehead atoms. The van der Waals surface area contributed by atoms with Gasteiger partial charge in [-0.1, -0.05) is 66.7 Å². The molecule has 1 aliphatic carbocycles. The van der Waals surface area contributed by atoms with Crippen molar-refractivity contribution in [2.75, 3.05) is 0 Å². The minimum Gasteiger partial charge on any atom is -0.298 e. The number of aromatic nitrogens is 4. The van der Waals surface area contributed by atoms with E-state index in [0.717, 1.165) is 89.8 Å². The summed E-state index contributed by atoms with van der Waals surface area (Å²) in [4.78, 5) is 20.1. The predicted molar refractivity (Wildman–Crippen MR) is 206 cm³/mol. The van der Waals surface area contributed by atoms with Crippen molar-refractivity contribution in [2.24, 2.45) is 9.98 Å². The van der Waals surface area contributed by atoms with Crippen molar-refractivity contribution in [1.82, 2.24) is 19.1 Å². The third-order valence-electron chi connectivity index (χ3n) is 10.2. The van der Waals surface area contributed by atoms with Gasteiger partial charge in [0.2, 0.25) is 0 Å². The fourth-order valence-electron chi connectivity index (χ4n) is 7.94. The van der Waals surface area contributed by atoms with E-state index >= 15 is 0 Å². The van der Waals surface area contributed by atoms with Crippen LogP contribution in [-0.2, 0) is 12.8 Å². The molecule has 0 N–H and O–H groups in total. The highest BCUT2D eigenvalue weighted by molar-refractivity contribution is 5.96. The average molecular weight is 647 g/mol. The Balaban J connectivity index is 0.998. The Morgan fingerprint density at radius 3 is 1.84 bits per heavy atom. The summed E-state index contributed by atoms with van der Waals surface area (Å²) < 4.78 is 4.66. The molecule has 6 heterocycles. The molecule has 0 spiro atoms. The smallest absolute Gasteiger partial charge is 0.141 e. The molecule has 0 atom stereocenters. The summed E-state index contributed by atoms with van der Waals surface area (Å²) in [7, 11) is 0. The van der Waals surface area contributed by atoms with Crippen molar-refractivity contribution < 1.29 is 0 Å². The number of allylic oxidation sites excluding steroid dienone is 4. The van der Waals surface area contributed by atoms with Gasteiger partial charge in [-0.05, 0) is 98.7 Å². The number of para-hydroxylation sites is 2. The van der Waals surface area contributed by atoms with Gasteiger partial charge in [0, 0.05) is 51.3 Å². The number of aryl methyl sites for hydroxylation is 2. The van der Waals surface area contributed by atoms with E-state index in [0.29, 0.717) is 0 Å². The lowest BCUT2D eigenvalue weighted by molar-refractivity contribution is 0.944. The normalized spacial score (nSPS) is 15.2. The van der Waals surface area contributed by atoms with Crippen molar-refractivity contribution >= 4 is 57.1 Å². The molecule has 2 aliphatic heterocycles. The van der Waals surface area contributed by atoms with E-state index in [4.69, 9.17) is 20.0 Å². The first kappa shape index (κ1) is 28.8. The zero-order chi connectivity index (χ0) is 33.0. The van der Waals surface area contributed by atoms with E-state index in [1.807, 2.05) is 6.21 Å². The highest BCUT2D eigenvalue weighted by atomic mass is 15.1. The summed E-state index contributed by atoms with van der Waals surface area (Å²) in [5.74, 6) is 2.11. The van der Waals surface area contributed by atoms with Crippen LogP contribution in [0.5, 0.6) is 0 Å². The zero-order valence-electron chi connectivity index (χ0n) is 27.6. The van der Waals surface area contributed by atoms with E-state index in [2.05, 4.69) is 137 Å². The van der Waals surface area contributed by atoms with Gasteiger partial charge in [0.1, 0.15) is 11.6 Å². The molecule has 4 aromatic heterocycles.